The summed E-state index contributed by atoms with van der Waals surface area (Å²) in [5.74, 6) is 0.270. The van der Waals surface area contributed by atoms with Gasteiger partial charge in [-0.15, -0.1) is 0 Å². The molecule has 3 rings (SSSR count). The Morgan fingerprint density at radius 2 is 2.05 bits per heavy atom. The van der Waals surface area contributed by atoms with Crippen LogP contribution in [0.4, 0.5) is 0 Å². The number of carbonyl (C=O) groups excluding carboxylic acids is 1. The van der Waals surface area contributed by atoms with Crippen LogP contribution in [-0.2, 0) is 0 Å². The molecule has 22 heavy (non-hydrogen) atoms. The lowest BCUT2D eigenvalue weighted by Gasteiger charge is -2.37. The second kappa shape index (κ2) is 6.41. The summed E-state index contributed by atoms with van der Waals surface area (Å²) in [6, 6.07) is 0.496. The Morgan fingerprint density at radius 1 is 1.27 bits per heavy atom. The first kappa shape index (κ1) is 15.5. The molecule has 0 bridgehead atoms. The summed E-state index contributed by atoms with van der Waals surface area (Å²) >= 11 is 0. The van der Waals surface area contributed by atoms with E-state index in [1.165, 1.54) is 6.42 Å². The fourth-order valence-corrected chi connectivity index (χ4v) is 3.96. The van der Waals surface area contributed by atoms with Gasteiger partial charge in [0.2, 0.25) is 0 Å². The number of likely N-dealkylation sites (tertiary alicyclic amines) is 1. The van der Waals surface area contributed by atoms with Gasteiger partial charge in [0.25, 0.3) is 5.91 Å². The maximum Gasteiger partial charge on any atom is 0.274 e. The highest BCUT2D eigenvalue weighted by Crippen LogP contribution is 2.35. The van der Waals surface area contributed by atoms with E-state index in [1.807, 2.05) is 15.7 Å². The Morgan fingerprint density at radius 3 is 2.73 bits per heavy atom. The van der Waals surface area contributed by atoms with Gasteiger partial charge in [-0.1, -0.05) is 12.8 Å². The van der Waals surface area contributed by atoms with Crippen molar-refractivity contribution in [3.63, 3.8) is 0 Å². The van der Waals surface area contributed by atoms with Crippen LogP contribution in [0.25, 0.3) is 0 Å². The van der Waals surface area contributed by atoms with E-state index < -0.39 is 0 Å². The molecule has 5 heteroatoms. The van der Waals surface area contributed by atoms with E-state index in [2.05, 4.69) is 18.8 Å². The number of hydrogen-bond donors (Lipinski definition) is 1. The molecule has 1 aromatic rings. The zero-order valence-electron chi connectivity index (χ0n) is 13.6. The smallest absolute Gasteiger partial charge is 0.274 e. The molecule has 3 atom stereocenters. The van der Waals surface area contributed by atoms with Gasteiger partial charge in [-0.2, -0.15) is 0 Å². The maximum atomic E-state index is 12.8. The molecule has 1 saturated carbocycles. The van der Waals surface area contributed by atoms with Crippen molar-refractivity contribution in [3.8, 4) is 0 Å². The fourth-order valence-electron chi connectivity index (χ4n) is 3.96. The number of rotatable bonds is 3. The minimum atomic E-state index is -0.250. The molecule has 1 aromatic heterocycles. The van der Waals surface area contributed by atoms with Crippen LogP contribution in [0.3, 0.4) is 0 Å². The molecular weight excluding hydrogens is 278 g/mol. The molecule has 1 saturated heterocycles. The number of aromatic nitrogens is 2. The van der Waals surface area contributed by atoms with Crippen LogP contribution in [0.2, 0.25) is 0 Å². The Hall–Kier alpha value is -1.36. The predicted octanol–water partition coefficient (Wildman–Crippen LogP) is 2.62. The minimum absolute atomic E-state index is 0.0275. The van der Waals surface area contributed by atoms with Gasteiger partial charge in [0.1, 0.15) is 5.69 Å². The number of carbonyl (C=O) groups is 1. The van der Waals surface area contributed by atoms with E-state index in [-0.39, 0.29) is 24.0 Å². The largest absolute Gasteiger partial charge is 0.393 e. The van der Waals surface area contributed by atoms with Gasteiger partial charge in [0.15, 0.2) is 0 Å². The quantitative estimate of drug-likeness (QED) is 0.934. The molecule has 5 nitrogen and oxygen atoms in total. The Balaban J connectivity index is 1.75. The average molecular weight is 305 g/mol. The van der Waals surface area contributed by atoms with Gasteiger partial charge in [0.05, 0.1) is 12.4 Å². The van der Waals surface area contributed by atoms with Crippen molar-refractivity contribution in [3.05, 3.63) is 18.2 Å². The summed E-state index contributed by atoms with van der Waals surface area (Å²) < 4.78 is 1.97. The van der Waals surface area contributed by atoms with Crippen molar-refractivity contribution < 1.29 is 9.90 Å². The molecule has 2 heterocycles. The molecule has 1 amide bonds. The van der Waals surface area contributed by atoms with E-state index in [0.29, 0.717) is 11.7 Å². The van der Waals surface area contributed by atoms with Crippen LogP contribution in [0.15, 0.2) is 12.5 Å². The highest BCUT2D eigenvalue weighted by Gasteiger charge is 2.39. The van der Waals surface area contributed by atoms with Crippen LogP contribution in [0.5, 0.6) is 0 Å². The average Bonchev–Trinajstić information content (AvgIpc) is 3.16. The number of hydrogen-bond acceptors (Lipinski definition) is 3. The molecule has 0 aromatic carbocycles. The van der Waals surface area contributed by atoms with Gasteiger partial charge < -0.3 is 14.6 Å². The summed E-state index contributed by atoms with van der Waals surface area (Å²) in [5.41, 5.74) is 0.533. The zero-order chi connectivity index (χ0) is 15.7. The van der Waals surface area contributed by atoms with Crippen molar-refractivity contribution in [2.24, 2.45) is 5.92 Å². The molecule has 0 spiro atoms. The number of imidazole rings is 1. The molecule has 1 aliphatic carbocycles. The molecular formula is C17H27N3O2. The predicted molar refractivity (Wildman–Crippen MR) is 84.6 cm³/mol. The van der Waals surface area contributed by atoms with E-state index >= 15 is 0 Å². The molecule has 2 fully saturated rings. The number of amides is 1. The van der Waals surface area contributed by atoms with Crippen molar-refractivity contribution >= 4 is 5.91 Å². The molecule has 1 N–H and O–H groups in total. The normalized spacial score (nSPS) is 29.3. The Kier molecular flexibility index (Phi) is 4.52. The fraction of sp³-hybridized carbons (Fsp3) is 0.765. The van der Waals surface area contributed by atoms with Crippen LogP contribution in [-0.4, -0.2) is 44.2 Å². The molecule has 1 aliphatic heterocycles. The van der Waals surface area contributed by atoms with Crippen molar-refractivity contribution in [2.75, 3.05) is 6.54 Å². The third-order valence-electron chi connectivity index (χ3n) is 5.25. The first-order valence-electron chi connectivity index (χ1n) is 8.60. The van der Waals surface area contributed by atoms with Crippen LogP contribution in [0.1, 0.15) is 68.9 Å². The van der Waals surface area contributed by atoms with Crippen molar-refractivity contribution in [1.29, 1.82) is 0 Å². The van der Waals surface area contributed by atoms with E-state index in [0.717, 1.165) is 38.6 Å². The monoisotopic (exact) mass is 305 g/mol. The Labute approximate surface area is 132 Å². The van der Waals surface area contributed by atoms with Crippen LogP contribution < -0.4 is 0 Å². The van der Waals surface area contributed by atoms with Gasteiger partial charge in [0, 0.05) is 30.7 Å². The highest BCUT2D eigenvalue weighted by molar-refractivity contribution is 5.92. The molecule has 0 unspecified atom stereocenters. The Bertz CT molecular complexity index is 526. The topological polar surface area (TPSA) is 58.4 Å². The van der Waals surface area contributed by atoms with Gasteiger partial charge in [-0.3, -0.25) is 4.79 Å². The standard InChI is InChI=1S/C17H27N3O2/c1-12(2)19-10-14(18-11-19)17(22)20-9-5-7-15(20)13-6-3-4-8-16(13)21/h10-13,15-16,21H,3-9H2,1-2H3/t13-,15+,16+/m0/s1. The molecule has 0 radical (unpaired) electrons. The minimum Gasteiger partial charge on any atom is -0.393 e. The second-order valence-corrected chi connectivity index (χ2v) is 7.02. The third kappa shape index (κ3) is 2.91. The van der Waals surface area contributed by atoms with E-state index in [9.17, 15) is 9.90 Å². The van der Waals surface area contributed by atoms with Crippen molar-refractivity contribution in [2.45, 2.75) is 70.6 Å². The first-order valence-corrected chi connectivity index (χ1v) is 8.60. The van der Waals surface area contributed by atoms with Gasteiger partial charge in [-0.25, -0.2) is 4.98 Å². The summed E-state index contributed by atoms with van der Waals surface area (Å²) in [7, 11) is 0. The van der Waals surface area contributed by atoms with Gasteiger partial charge >= 0.3 is 0 Å². The summed E-state index contributed by atoms with van der Waals surface area (Å²) in [6.45, 7) is 4.95. The lowest BCUT2D eigenvalue weighted by molar-refractivity contribution is 0.0209. The van der Waals surface area contributed by atoms with Crippen LogP contribution in [0, 0.1) is 5.92 Å². The molecule has 2 aliphatic rings. The summed E-state index contributed by atoms with van der Waals surface area (Å²) in [5, 5.41) is 10.3. The lowest BCUT2D eigenvalue weighted by Crippen LogP contribution is -2.45. The SMILES string of the molecule is CC(C)n1cnc(C(=O)N2CCC[C@@H]2[C@@H]2CCCC[C@H]2O)c1. The zero-order valence-corrected chi connectivity index (χ0v) is 13.6. The summed E-state index contributed by atoms with van der Waals surface area (Å²) in [6.07, 6.45) is 9.57. The lowest BCUT2D eigenvalue weighted by atomic mass is 9.80. The van der Waals surface area contributed by atoms with Crippen molar-refractivity contribution in [1.82, 2.24) is 14.5 Å². The van der Waals surface area contributed by atoms with Crippen LogP contribution >= 0.6 is 0 Å². The maximum absolute atomic E-state index is 12.8. The highest BCUT2D eigenvalue weighted by atomic mass is 16.3. The number of nitrogens with zero attached hydrogens (tertiary/aromatic N) is 3. The van der Waals surface area contributed by atoms with Gasteiger partial charge in [-0.05, 0) is 39.5 Å². The number of aliphatic hydroxyl groups is 1. The van der Waals surface area contributed by atoms with E-state index in [1.54, 1.807) is 6.33 Å². The summed E-state index contributed by atoms with van der Waals surface area (Å²) in [4.78, 5) is 19.1. The first-order chi connectivity index (χ1) is 10.6. The number of aliphatic hydroxyl groups excluding tert-OH is 1. The van der Waals surface area contributed by atoms with E-state index in [4.69, 9.17) is 0 Å². The molecule has 122 valence electrons. The third-order valence-corrected chi connectivity index (χ3v) is 5.25. The second-order valence-electron chi connectivity index (χ2n) is 7.02.